The number of para-hydroxylation sites is 1. The number of carbonyl (C=O) groups excluding carboxylic acids is 1. The molecule has 0 unspecified atom stereocenters. The molecule has 0 saturated carbocycles. The first kappa shape index (κ1) is 13.3. The van der Waals surface area contributed by atoms with Gasteiger partial charge in [0.15, 0.2) is 0 Å². The van der Waals surface area contributed by atoms with Crippen molar-refractivity contribution in [2.75, 3.05) is 18.5 Å². The molecule has 1 heterocycles. The largest absolute Gasteiger partial charge is 0.466 e. The van der Waals surface area contributed by atoms with Crippen molar-refractivity contribution in [2.45, 2.75) is 19.8 Å². The lowest BCUT2D eigenvalue weighted by Gasteiger charge is -2.05. The second-order valence-electron chi connectivity index (χ2n) is 4.09. The zero-order valence-electron chi connectivity index (χ0n) is 10.9. The number of carbonyl (C=O) groups is 1. The standard InChI is InChI=1S/C14H17N3O2/c1-2-19-13(18)8-5-9-15-14-16-10-11-6-3-4-7-12(11)17-14/h3-4,6-7,10H,2,5,8-9H2,1H3,(H,15,16,17). The second-order valence-corrected chi connectivity index (χ2v) is 4.09. The van der Waals surface area contributed by atoms with Gasteiger partial charge >= 0.3 is 5.97 Å². The molecule has 5 heteroatoms. The zero-order valence-corrected chi connectivity index (χ0v) is 10.9. The van der Waals surface area contributed by atoms with Crippen LogP contribution in [0.15, 0.2) is 30.5 Å². The minimum atomic E-state index is -0.163. The quantitative estimate of drug-likeness (QED) is 0.637. The van der Waals surface area contributed by atoms with E-state index in [0.29, 0.717) is 31.9 Å². The molecule has 1 aromatic carbocycles. The van der Waals surface area contributed by atoms with Crippen LogP contribution in [0, 0.1) is 0 Å². The summed E-state index contributed by atoms with van der Waals surface area (Å²) in [4.78, 5) is 19.8. The van der Waals surface area contributed by atoms with Crippen LogP contribution in [0.5, 0.6) is 0 Å². The highest BCUT2D eigenvalue weighted by molar-refractivity contribution is 5.78. The molecule has 0 aliphatic rings. The monoisotopic (exact) mass is 259 g/mol. The molecule has 0 amide bonds. The molecular formula is C14H17N3O2. The van der Waals surface area contributed by atoms with Crippen molar-refractivity contribution in [3.63, 3.8) is 0 Å². The minimum absolute atomic E-state index is 0.163. The van der Waals surface area contributed by atoms with Crippen molar-refractivity contribution < 1.29 is 9.53 Å². The molecule has 0 fully saturated rings. The highest BCUT2D eigenvalue weighted by atomic mass is 16.5. The molecule has 100 valence electrons. The number of hydrogen-bond donors (Lipinski definition) is 1. The van der Waals surface area contributed by atoms with E-state index in [1.54, 1.807) is 13.1 Å². The van der Waals surface area contributed by atoms with E-state index in [2.05, 4.69) is 15.3 Å². The number of fused-ring (bicyclic) bond motifs is 1. The van der Waals surface area contributed by atoms with Crippen LogP contribution < -0.4 is 5.32 Å². The third-order valence-electron chi connectivity index (χ3n) is 2.64. The highest BCUT2D eigenvalue weighted by Gasteiger charge is 2.02. The number of aromatic nitrogens is 2. The van der Waals surface area contributed by atoms with Crippen molar-refractivity contribution in [3.05, 3.63) is 30.5 Å². The number of esters is 1. The summed E-state index contributed by atoms with van der Waals surface area (Å²) in [5, 5.41) is 4.12. The summed E-state index contributed by atoms with van der Waals surface area (Å²) in [6.07, 6.45) is 2.90. The molecule has 1 N–H and O–H groups in total. The van der Waals surface area contributed by atoms with Gasteiger partial charge in [0.2, 0.25) is 5.95 Å². The number of nitrogens with zero attached hydrogens (tertiary/aromatic N) is 2. The second kappa shape index (κ2) is 6.68. The molecule has 0 radical (unpaired) electrons. The summed E-state index contributed by atoms with van der Waals surface area (Å²) in [7, 11) is 0. The van der Waals surface area contributed by atoms with E-state index in [9.17, 15) is 4.79 Å². The van der Waals surface area contributed by atoms with E-state index < -0.39 is 0 Å². The van der Waals surface area contributed by atoms with Gasteiger partial charge in [-0.3, -0.25) is 4.79 Å². The Labute approximate surface area is 112 Å². The Bertz CT molecular complexity index is 557. The van der Waals surface area contributed by atoms with E-state index in [-0.39, 0.29) is 5.97 Å². The van der Waals surface area contributed by atoms with Crippen molar-refractivity contribution in [1.82, 2.24) is 9.97 Å². The van der Waals surface area contributed by atoms with Crippen molar-refractivity contribution >= 4 is 22.8 Å². The maximum atomic E-state index is 11.1. The van der Waals surface area contributed by atoms with E-state index >= 15 is 0 Å². The average Bonchev–Trinajstić information content (AvgIpc) is 2.44. The smallest absolute Gasteiger partial charge is 0.305 e. The third-order valence-corrected chi connectivity index (χ3v) is 2.64. The molecule has 0 aliphatic heterocycles. The first-order valence-corrected chi connectivity index (χ1v) is 6.41. The third kappa shape index (κ3) is 3.91. The molecule has 5 nitrogen and oxygen atoms in total. The maximum absolute atomic E-state index is 11.1. The number of nitrogens with one attached hydrogen (secondary N) is 1. The Balaban J connectivity index is 1.83. The maximum Gasteiger partial charge on any atom is 0.305 e. The fourth-order valence-corrected chi connectivity index (χ4v) is 1.72. The van der Waals surface area contributed by atoms with Crippen LogP contribution in [0.2, 0.25) is 0 Å². The number of hydrogen-bond acceptors (Lipinski definition) is 5. The van der Waals surface area contributed by atoms with E-state index in [1.807, 2.05) is 24.3 Å². The topological polar surface area (TPSA) is 64.1 Å². The van der Waals surface area contributed by atoms with Gasteiger partial charge in [0.1, 0.15) is 0 Å². The number of ether oxygens (including phenoxy) is 1. The van der Waals surface area contributed by atoms with Gasteiger partial charge in [-0.05, 0) is 19.4 Å². The molecule has 1 aromatic heterocycles. The summed E-state index contributed by atoms with van der Waals surface area (Å²) < 4.78 is 4.85. The Morgan fingerprint density at radius 3 is 3.05 bits per heavy atom. The van der Waals surface area contributed by atoms with Gasteiger partial charge in [0.05, 0.1) is 12.1 Å². The fourth-order valence-electron chi connectivity index (χ4n) is 1.72. The van der Waals surface area contributed by atoms with E-state index in [0.717, 1.165) is 10.9 Å². The van der Waals surface area contributed by atoms with E-state index in [4.69, 9.17) is 4.74 Å². The van der Waals surface area contributed by atoms with Gasteiger partial charge in [-0.25, -0.2) is 9.97 Å². The molecule has 0 spiro atoms. The Morgan fingerprint density at radius 1 is 1.37 bits per heavy atom. The molecule has 2 rings (SSSR count). The lowest BCUT2D eigenvalue weighted by atomic mass is 10.2. The summed E-state index contributed by atoms with van der Waals surface area (Å²) in [6.45, 7) is 2.89. The molecule has 0 atom stereocenters. The lowest BCUT2D eigenvalue weighted by molar-refractivity contribution is -0.143. The van der Waals surface area contributed by atoms with Crippen molar-refractivity contribution in [3.8, 4) is 0 Å². The molecule has 2 aromatic rings. The minimum Gasteiger partial charge on any atom is -0.466 e. The van der Waals surface area contributed by atoms with Crippen LogP contribution in [0.3, 0.4) is 0 Å². The van der Waals surface area contributed by atoms with Gasteiger partial charge in [-0.2, -0.15) is 0 Å². The van der Waals surface area contributed by atoms with Gasteiger partial charge < -0.3 is 10.1 Å². The summed E-state index contributed by atoms with van der Waals surface area (Å²) in [6, 6.07) is 7.82. The predicted molar refractivity (Wildman–Crippen MR) is 73.9 cm³/mol. The zero-order chi connectivity index (χ0) is 13.5. The van der Waals surface area contributed by atoms with Crippen LogP contribution in [0.1, 0.15) is 19.8 Å². The van der Waals surface area contributed by atoms with Crippen LogP contribution in [-0.2, 0) is 9.53 Å². The van der Waals surface area contributed by atoms with Gasteiger partial charge in [0, 0.05) is 24.5 Å². The molecule has 19 heavy (non-hydrogen) atoms. The van der Waals surface area contributed by atoms with Crippen LogP contribution >= 0.6 is 0 Å². The fraction of sp³-hybridized carbons (Fsp3) is 0.357. The summed E-state index contributed by atoms with van der Waals surface area (Å²) >= 11 is 0. The summed E-state index contributed by atoms with van der Waals surface area (Å²) in [5.41, 5.74) is 0.908. The Kier molecular flexibility index (Phi) is 4.66. The van der Waals surface area contributed by atoms with Crippen molar-refractivity contribution in [2.24, 2.45) is 0 Å². The van der Waals surface area contributed by atoms with Gasteiger partial charge in [-0.15, -0.1) is 0 Å². The SMILES string of the molecule is CCOC(=O)CCCNc1ncc2ccccc2n1. The first-order chi connectivity index (χ1) is 9.29. The normalized spacial score (nSPS) is 10.4. The average molecular weight is 259 g/mol. The van der Waals surface area contributed by atoms with Gasteiger partial charge in [0.25, 0.3) is 0 Å². The Morgan fingerprint density at radius 2 is 2.21 bits per heavy atom. The predicted octanol–water partition coefficient (Wildman–Crippen LogP) is 2.39. The molecule has 0 bridgehead atoms. The molecular weight excluding hydrogens is 242 g/mol. The first-order valence-electron chi connectivity index (χ1n) is 6.41. The van der Waals surface area contributed by atoms with Crippen molar-refractivity contribution in [1.29, 1.82) is 0 Å². The van der Waals surface area contributed by atoms with Crippen LogP contribution in [0.4, 0.5) is 5.95 Å². The molecule has 0 saturated heterocycles. The van der Waals surface area contributed by atoms with E-state index in [1.165, 1.54) is 0 Å². The Hall–Kier alpha value is -2.17. The molecule has 0 aliphatic carbocycles. The lowest BCUT2D eigenvalue weighted by Crippen LogP contribution is -2.09. The highest BCUT2D eigenvalue weighted by Crippen LogP contribution is 2.11. The van der Waals surface area contributed by atoms with Crippen LogP contribution in [-0.4, -0.2) is 29.1 Å². The van der Waals surface area contributed by atoms with Crippen LogP contribution in [0.25, 0.3) is 10.9 Å². The van der Waals surface area contributed by atoms with Gasteiger partial charge in [-0.1, -0.05) is 18.2 Å². The number of anilines is 1. The number of benzene rings is 1. The summed E-state index contributed by atoms with van der Waals surface area (Å²) in [5.74, 6) is 0.422. The number of rotatable bonds is 6.